The molecule has 118 valence electrons. The van der Waals surface area contributed by atoms with Gasteiger partial charge in [0.25, 0.3) is 0 Å². The van der Waals surface area contributed by atoms with Crippen LogP contribution in [-0.4, -0.2) is 65.4 Å². The van der Waals surface area contributed by atoms with E-state index in [-0.39, 0.29) is 6.04 Å². The second-order valence-corrected chi connectivity index (χ2v) is 6.05. The van der Waals surface area contributed by atoms with Gasteiger partial charge in [0.05, 0.1) is 12.1 Å². The van der Waals surface area contributed by atoms with Gasteiger partial charge in [-0.15, -0.1) is 0 Å². The van der Waals surface area contributed by atoms with Gasteiger partial charge >= 0.3 is 0 Å². The molecule has 1 aromatic heterocycles. The van der Waals surface area contributed by atoms with Crippen LogP contribution in [0.4, 0.5) is 0 Å². The Morgan fingerprint density at radius 2 is 2.10 bits per heavy atom. The SMILES string of the molecule is CCc1noc([C@@H](C)N2CCN(C[C@H]3CCCO3)CC2)n1. The summed E-state index contributed by atoms with van der Waals surface area (Å²) < 4.78 is 11.1. The summed E-state index contributed by atoms with van der Waals surface area (Å²) >= 11 is 0. The van der Waals surface area contributed by atoms with E-state index in [9.17, 15) is 0 Å². The van der Waals surface area contributed by atoms with Crippen molar-refractivity contribution < 1.29 is 9.26 Å². The monoisotopic (exact) mass is 294 g/mol. The van der Waals surface area contributed by atoms with Crippen molar-refractivity contribution in [3.05, 3.63) is 11.7 Å². The summed E-state index contributed by atoms with van der Waals surface area (Å²) in [5.74, 6) is 1.55. The van der Waals surface area contributed by atoms with Gasteiger partial charge in [-0.3, -0.25) is 9.80 Å². The predicted molar refractivity (Wildman–Crippen MR) is 79.1 cm³/mol. The summed E-state index contributed by atoms with van der Waals surface area (Å²) in [6.07, 6.45) is 3.72. The zero-order valence-electron chi connectivity index (χ0n) is 13.1. The molecule has 2 fully saturated rings. The average molecular weight is 294 g/mol. The van der Waals surface area contributed by atoms with Crippen LogP contribution in [0.25, 0.3) is 0 Å². The summed E-state index contributed by atoms with van der Waals surface area (Å²) in [4.78, 5) is 9.40. The molecule has 1 aromatic rings. The standard InChI is InChI=1S/C15H26N4O2/c1-3-14-16-15(21-17-14)12(2)19-8-6-18(7-9-19)11-13-5-4-10-20-13/h12-13H,3-11H2,1-2H3/t12-,13-/m1/s1. The number of hydrogen-bond donors (Lipinski definition) is 0. The van der Waals surface area contributed by atoms with Crippen molar-refractivity contribution in [1.82, 2.24) is 19.9 Å². The van der Waals surface area contributed by atoms with Crippen LogP contribution in [0.1, 0.15) is 44.4 Å². The lowest BCUT2D eigenvalue weighted by molar-refractivity contribution is 0.0379. The van der Waals surface area contributed by atoms with E-state index in [1.54, 1.807) is 0 Å². The lowest BCUT2D eigenvalue weighted by Crippen LogP contribution is -2.49. The summed E-state index contributed by atoms with van der Waals surface area (Å²) in [5, 5.41) is 3.99. The fourth-order valence-corrected chi connectivity index (χ4v) is 3.15. The van der Waals surface area contributed by atoms with Gasteiger partial charge in [-0.1, -0.05) is 12.1 Å². The Balaban J connectivity index is 1.48. The summed E-state index contributed by atoms with van der Waals surface area (Å²) in [6, 6.07) is 0.211. The maximum absolute atomic E-state index is 5.73. The summed E-state index contributed by atoms with van der Waals surface area (Å²) in [7, 11) is 0. The molecule has 2 atom stereocenters. The molecule has 3 rings (SSSR count). The molecular weight excluding hydrogens is 268 g/mol. The first-order chi connectivity index (χ1) is 10.3. The van der Waals surface area contributed by atoms with Crippen LogP contribution in [0.3, 0.4) is 0 Å². The van der Waals surface area contributed by atoms with Crippen LogP contribution in [0, 0.1) is 0 Å². The molecule has 6 heteroatoms. The van der Waals surface area contributed by atoms with Crippen LogP contribution in [0.5, 0.6) is 0 Å². The second kappa shape index (κ2) is 6.85. The molecule has 0 N–H and O–H groups in total. The van der Waals surface area contributed by atoms with E-state index in [2.05, 4.69) is 26.9 Å². The van der Waals surface area contributed by atoms with Gasteiger partial charge in [0, 0.05) is 45.8 Å². The quantitative estimate of drug-likeness (QED) is 0.820. The van der Waals surface area contributed by atoms with Crippen molar-refractivity contribution >= 4 is 0 Å². The van der Waals surface area contributed by atoms with E-state index < -0.39 is 0 Å². The van der Waals surface area contributed by atoms with Crippen molar-refractivity contribution in [2.45, 2.75) is 45.3 Å². The molecule has 0 unspecified atom stereocenters. The second-order valence-electron chi connectivity index (χ2n) is 6.05. The third-order valence-electron chi connectivity index (χ3n) is 4.60. The minimum absolute atomic E-state index is 0.211. The molecule has 0 amide bonds. The Hall–Kier alpha value is -0.980. The first-order valence-electron chi connectivity index (χ1n) is 8.16. The van der Waals surface area contributed by atoms with Crippen molar-refractivity contribution in [1.29, 1.82) is 0 Å². The van der Waals surface area contributed by atoms with E-state index in [0.29, 0.717) is 6.10 Å². The van der Waals surface area contributed by atoms with Crippen molar-refractivity contribution in [3.63, 3.8) is 0 Å². The van der Waals surface area contributed by atoms with Crippen molar-refractivity contribution in [2.75, 3.05) is 39.3 Å². The minimum Gasteiger partial charge on any atom is -0.377 e. The topological polar surface area (TPSA) is 54.6 Å². The predicted octanol–water partition coefficient (Wildman–Crippen LogP) is 1.49. The third kappa shape index (κ3) is 3.62. The van der Waals surface area contributed by atoms with Crippen LogP contribution < -0.4 is 0 Å². The highest BCUT2D eigenvalue weighted by Gasteiger charge is 2.27. The fraction of sp³-hybridized carbons (Fsp3) is 0.867. The Labute approximate surface area is 126 Å². The molecule has 0 aliphatic carbocycles. The molecule has 2 saturated heterocycles. The molecule has 0 bridgehead atoms. The Morgan fingerprint density at radius 1 is 1.29 bits per heavy atom. The maximum atomic E-state index is 5.73. The smallest absolute Gasteiger partial charge is 0.243 e. The number of piperazine rings is 1. The Kier molecular flexibility index (Phi) is 4.87. The normalized spacial score (nSPS) is 26.3. The minimum atomic E-state index is 0.211. The van der Waals surface area contributed by atoms with Gasteiger partial charge in [0.1, 0.15) is 0 Å². The highest BCUT2D eigenvalue weighted by Crippen LogP contribution is 2.21. The van der Waals surface area contributed by atoms with Crippen LogP contribution in [-0.2, 0) is 11.2 Å². The first kappa shape index (κ1) is 14.9. The lowest BCUT2D eigenvalue weighted by Gasteiger charge is -2.37. The van der Waals surface area contributed by atoms with Crippen LogP contribution in [0.2, 0.25) is 0 Å². The van der Waals surface area contributed by atoms with Gasteiger partial charge in [0.2, 0.25) is 5.89 Å². The molecule has 3 heterocycles. The molecule has 0 saturated carbocycles. The molecule has 0 spiro atoms. The van der Waals surface area contributed by atoms with Crippen molar-refractivity contribution in [3.8, 4) is 0 Å². The average Bonchev–Trinajstić information content (AvgIpc) is 3.18. The Bertz CT molecular complexity index is 437. The number of rotatable bonds is 5. The molecule has 21 heavy (non-hydrogen) atoms. The van der Waals surface area contributed by atoms with Gasteiger partial charge in [-0.25, -0.2) is 0 Å². The van der Waals surface area contributed by atoms with Crippen molar-refractivity contribution in [2.24, 2.45) is 0 Å². The lowest BCUT2D eigenvalue weighted by atomic mass is 10.2. The summed E-state index contributed by atoms with van der Waals surface area (Å²) in [5.41, 5.74) is 0. The van der Waals surface area contributed by atoms with Crippen LogP contribution in [0.15, 0.2) is 4.52 Å². The maximum Gasteiger partial charge on any atom is 0.243 e. The van der Waals surface area contributed by atoms with Gasteiger partial charge in [0.15, 0.2) is 5.82 Å². The number of ether oxygens (including phenoxy) is 1. The van der Waals surface area contributed by atoms with Crippen LogP contribution >= 0.6 is 0 Å². The molecule has 2 aliphatic heterocycles. The van der Waals surface area contributed by atoms with E-state index in [1.165, 1.54) is 12.8 Å². The molecule has 6 nitrogen and oxygen atoms in total. The fourth-order valence-electron chi connectivity index (χ4n) is 3.15. The molecule has 0 aromatic carbocycles. The number of nitrogens with zero attached hydrogens (tertiary/aromatic N) is 4. The first-order valence-corrected chi connectivity index (χ1v) is 8.16. The van der Waals surface area contributed by atoms with Gasteiger partial charge < -0.3 is 9.26 Å². The summed E-state index contributed by atoms with van der Waals surface area (Å²) in [6.45, 7) is 10.5. The van der Waals surface area contributed by atoms with Gasteiger partial charge in [-0.05, 0) is 19.8 Å². The Morgan fingerprint density at radius 3 is 2.71 bits per heavy atom. The highest BCUT2D eigenvalue weighted by molar-refractivity contribution is 4.93. The largest absolute Gasteiger partial charge is 0.377 e. The molecule has 2 aliphatic rings. The van der Waals surface area contributed by atoms with Gasteiger partial charge in [-0.2, -0.15) is 4.98 Å². The highest BCUT2D eigenvalue weighted by atomic mass is 16.5. The third-order valence-corrected chi connectivity index (χ3v) is 4.60. The zero-order chi connectivity index (χ0) is 14.7. The molecule has 0 radical (unpaired) electrons. The zero-order valence-corrected chi connectivity index (χ0v) is 13.1. The van der Waals surface area contributed by atoms with E-state index in [4.69, 9.17) is 9.26 Å². The number of aryl methyl sites for hydroxylation is 1. The van der Waals surface area contributed by atoms with E-state index in [1.807, 2.05) is 6.92 Å². The number of aromatic nitrogens is 2. The molecular formula is C15H26N4O2. The number of hydrogen-bond acceptors (Lipinski definition) is 6. The van der Waals surface area contributed by atoms with E-state index >= 15 is 0 Å². The van der Waals surface area contributed by atoms with E-state index in [0.717, 1.165) is 57.5 Å².